The zero-order valence-electron chi connectivity index (χ0n) is 34.0. The Morgan fingerprint density at radius 3 is 1.30 bits per heavy atom. The zero-order valence-corrected chi connectivity index (χ0v) is 34.0. The van der Waals surface area contributed by atoms with Crippen molar-refractivity contribution in [3.8, 4) is 39.5 Å². The summed E-state index contributed by atoms with van der Waals surface area (Å²) in [5, 5.41) is 0. The molecule has 0 aliphatic heterocycles. The Bertz CT molecular complexity index is 2000. The van der Waals surface area contributed by atoms with Crippen molar-refractivity contribution in [2.45, 2.75) is 57.8 Å². The molecule has 0 saturated carbocycles. The predicted molar refractivity (Wildman–Crippen MR) is 233 cm³/mol. The lowest BCUT2D eigenvalue weighted by atomic mass is 9.99. The van der Waals surface area contributed by atoms with Crippen LogP contribution < -0.4 is 14.2 Å². The van der Waals surface area contributed by atoms with Crippen LogP contribution in [0, 0.1) is 0 Å². The number of carbonyl (C=O) groups is 4. The molecule has 0 heterocycles. The van der Waals surface area contributed by atoms with Gasteiger partial charge in [0, 0.05) is 29.7 Å². The molecule has 0 atom stereocenters. The van der Waals surface area contributed by atoms with Crippen LogP contribution in [0.3, 0.4) is 0 Å². The Morgan fingerprint density at radius 1 is 0.450 bits per heavy atom. The van der Waals surface area contributed by atoms with Crippen molar-refractivity contribution < 1.29 is 42.9 Å². The summed E-state index contributed by atoms with van der Waals surface area (Å²) in [5.74, 6) is 0.536. The number of para-hydroxylation sites is 1. The maximum atomic E-state index is 13.4. The van der Waals surface area contributed by atoms with Gasteiger partial charge in [0.25, 0.3) is 0 Å². The first-order chi connectivity index (χ1) is 29.3. The quantitative estimate of drug-likeness (QED) is 0.0187. The molecule has 0 N–H and O–H groups in total. The molecule has 0 fully saturated rings. The number of unbranched alkanes of at least 4 members (excludes halogenated alkanes) is 6. The molecule has 60 heavy (non-hydrogen) atoms. The highest BCUT2D eigenvalue weighted by molar-refractivity contribution is 5.98. The lowest BCUT2D eigenvalue weighted by molar-refractivity contribution is -0.138. The van der Waals surface area contributed by atoms with Crippen molar-refractivity contribution in [3.05, 3.63) is 163 Å². The van der Waals surface area contributed by atoms with E-state index in [0.717, 1.165) is 85.1 Å². The van der Waals surface area contributed by atoms with Crippen molar-refractivity contribution in [2.75, 3.05) is 26.4 Å². The second-order valence-corrected chi connectivity index (χ2v) is 14.1. The van der Waals surface area contributed by atoms with Crippen LogP contribution in [0.5, 0.6) is 17.2 Å². The van der Waals surface area contributed by atoms with Gasteiger partial charge in [0.05, 0.1) is 32.0 Å². The fraction of sp³-hybridized carbons (Fsp3) is 0.255. The number of benzene rings is 5. The van der Waals surface area contributed by atoms with Gasteiger partial charge in [-0.05, 0) is 116 Å². The Kier molecular flexibility index (Phi) is 17.9. The van der Waals surface area contributed by atoms with Gasteiger partial charge < -0.3 is 23.7 Å². The number of carbonyl (C=O) groups excluding carboxylic acids is 4. The smallest absolute Gasteiger partial charge is 0.343 e. The highest BCUT2D eigenvalue weighted by Gasteiger charge is 2.16. The summed E-state index contributed by atoms with van der Waals surface area (Å²) in [6.45, 7) is 8.80. The molecular weight excluding hydrogens is 757 g/mol. The molecule has 0 bridgehead atoms. The summed E-state index contributed by atoms with van der Waals surface area (Å²) >= 11 is 0. The average Bonchev–Trinajstić information content (AvgIpc) is 3.29. The van der Waals surface area contributed by atoms with E-state index in [-0.39, 0.29) is 18.2 Å². The summed E-state index contributed by atoms with van der Waals surface area (Å²) < 4.78 is 27.6. The van der Waals surface area contributed by atoms with E-state index >= 15 is 0 Å². The van der Waals surface area contributed by atoms with Crippen molar-refractivity contribution in [2.24, 2.45) is 0 Å². The second-order valence-electron chi connectivity index (χ2n) is 14.1. The summed E-state index contributed by atoms with van der Waals surface area (Å²) in [4.78, 5) is 48.7. The van der Waals surface area contributed by atoms with Gasteiger partial charge in [-0.25, -0.2) is 14.4 Å². The molecule has 5 aromatic carbocycles. The zero-order chi connectivity index (χ0) is 42.4. The van der Waals surface area contributed by atoms with Crippen molar-refractivity contribution >= 4 is 23.7 Å². The van der Waals surface area contributed by atoms with Crippen LogP contribution in [0.4, 0.5) is 0 Å². The van der Waals surface area contributed by atoms with Crippen LogP contribution in [0.25, 0.3) is 22.3 Å². The minimum Gasteiger partial charge on any atom is -0.494 e. The van der Waals surface area contributed by atoms with Crippen LogP contribution in [0.2, 0.25) is 0 Å². The minimum absolute atomic E-state index is 0.0747. The molecule has 5 rings (SSSR count). The van der Waals surface area contributed by atoms with E-state index in [1.165, 1.54) is 12.2 Å². The largest absolute Gasteiger partial charge is 0.494 e. The molecule has 9 nitrogen and oxygen atoms in total. The monoisotopic (exact) mass is 808 g/mol. The molecule has 9 heteroatoms. The highest BCUT2D eigenvalue weighted by atomic mass is 16.5. The number of esters is 3. The number of hydrogen-bond donors (Lipinski definition) is 0. The maximum absolute atomic E-state index is 13.4. The third-order valence-corrected chi connectivity index (χ3v) is 9.67. The molecule has 0 amide bonds. The van der Waals surface area contributed by atoms with Gasteiger partial charge in [-0.3, -0.25) is 4.79 Å². The molecule has 0 saturated heterocycles. The molecule has 0 radical (unpaired) electrons. The fourth-order valence-corrected chi connectivity index (χ4v) is 6.28. The van der Waals surface area contributed by atoms with Gasteiger partial charge in [-0.2, -0.15) is 0 Å². The first-order valence-corrected chi connectivity index (χ1v) is 20.4. The molecule has 0 spiro atoms. The number of rotatable bonds is 25. The topological polar surface area (TPSA) is 114 Å². The lowest BCUT2D eigenvalue weighted by Gasteiger charge is -2.11. The third-order valence-electron chi connectivity index (χ3n) is 9.67. The Labute approximate surface area is 352 Å². The van der Waals surface area contributed by atoms with Crippen LogP contribution in [0.1, 0.15) is 77.6 Å². The van der Waals surface area contributed by atoms with Crippen molar-refractivity contribution in [1.82, 2.24) is 0 Å². The number of hydrogen-bond acceptors (Lipinski definition) is 9. The standard InChI is InChI=1S/C51H52O9/c1-3-49(53)58-35-13-7-5-11-33-56-45-29-25-40(26-30-45)38-17-21-42(22-18-38)47(52)37-44-15-9-10-16-48(44)60-51(55)43-23-19-39(20-24-43)41-27-31-46(32-28-41)57-34-12-6-8-14-36-59-50(54)4-2/h3-4,9-10,15-32H,1-2,5-8,11-14,33-37H2. The second kappa shape index (κ2) is 24.2. The molecule has 0 aliphatic carbocycles. The van der Waals surface area contributed by atoms with Crippen molar-refractivity contribution in [1.29, 1.82) is 0 Å². The Hall–Kier alpha value is -6.74. The molecule has 0 unspecified atom stereocenters. The van der Waals surface area contributed by atoms with Gasteiger partial charge in [-0.1, -0.05) is 92.0 Å². The minimum atomic E-state index is -0.510. The molecule has 310 valence electrons. The van der Waals surface area contributed by atoms with Gasteiger partial charge in [0.1, 0.15) is 17.2 Å². The van der Waals surface area contributed by atoms with Gasteiger partial charge >= 0.3 is 17.9 Å². The van der Waals surface area contributed by atoms with Gasteiger partial charge in [0.2, 0.25) is 0 Å². The molecule has 0 aliphatic rings. The third kappa shape index (κ3) is 14.6. The van der Waals surface area contributed by atoms with E-state index in [2.05, 4.69) is 13.2 Å². The first kappa shape index (κ1) is 44.4. The maximum Gasteiger partial charge on any atom is 0.343 e. The van der Waals surface area contributed by atoms with E-state index in [0.29, 0.717) is 48.9 Å². The van der Waals surface area contributed by atoms with Crippen LogP contribution >= 0.6 is 0 Å². The number of ketones is 1. The van der Waals surface area contributed by atoms with E-state index in [4.69, 9.17) is 23.7 Å². The summed E-state index contributed by atoms with van der Waals surface area (Å²) in [5.41, 5.74) is 5.49. The van der Waals surface area contributed by atoms with E-state index in [9.17, 15) is 19.2 Å². The van der Waals surface area contributed by atoms with E-state index in [1.54, 1.807) is 30.3 Å². The van der Waals surface area contributed by atoms with E-state index < -0.39 is 11.9 Å². The molecular formula is C51H52O9. The molecule has 5 aromatic rings. The van der Waals surface area contributed by atoms with Gasteiger partial charge in [-0.15, -0.1) is 0 Å². The first-order valence-electron chi connectivity index (χ1n) is 20.4. The SMILES string of the molecule is C=CC(=O)OCCCCCCOc1ccc(-c2ccc(C(=O)Cc3ccccc3OC(=O)c3ccc(-c4ccc(OCCCCCCOC(=O)C=C)cc4)cc3)cc2)cc1. The number of Topliss-reactive ketones (excluding diaryl/α,β-unsaturated/α-hetero) is 1. The Morgan fingerprint density at radius 2 is 0.850 bits per heavy atom. The van der Waals surface area contributed by atoms with Gasteiger partial charge in [0.15, 0.2) is 5.78 Å². The summed E-state index contributed by atoms with van der Waals surface area (Å²) in [6, 6.07) is 37.5. The highest BCUT2D eigenvalue weighted by Crippen LogP contribution is 2.27. The van der Waals surface area contributed by atoms with Crippen LogP contribution in [0.15, 0.2) is 147 Å². The number of ether oxygens (including phenoxy) is 5. The Balaban J connectivity index is 1.05. The van der Waals surface area contributed by atoms with Crippen molar-refractivity contribution in [3.63, 3.8) is 0 Å². The summed E-state index contributed by atoms with van der Waals surface area (Å²) in [6.07, 6.45) is 9.75. The lowest BCUT2D eigenvalue weighted by Crippen LogP contribution is -2.11. The van der Waals surface area contributed by atoms with Crippen LogP contribution in [-0.4, -0.2) is 50.1 Å². The average molecular weight is 809 g/mol. The normalized spacial score (nSPS) is 10.6. The summed E-state index contributed by atoms with van der Waals surface area (Å²) in [7, 11) is 0. The molecule has 0 aromatic heterocycles. The van der Waals surface area contributed by atoms with E-state index in [1.807, 2.05) is 91.0 Å². The predicted octanol–water partition coefficient (Wildman–Crippen LogP) is 11.0. The van der Waals surface area contributed by atoms with Crippen LogP contribution in [-0.2, 0) is 25.5 Å². The fourth-order valence-electron chi connectivity index (χ4n) is 6.28.